The third-order valence-electron chi connectivity index (χ3n) is 11.8. The Balaban J connectivity index is 0.960. The molecule has 0 saturated heterocycles. The summed E-state index contributed by atoms with van der Waals surface area (Å²) in [6, 6.07) is 58.6. The molecule has 0 spiro atoms. The summed E-state index contributed by atoms with van der Waals surface area (Å²) in [5.74, 6) is 0. The Morgan fingerprint density at radius 3 is 2.19 bits per heavy atom. The highest BCUT2D eigenvalue weighted by atomic mass is 15.2. The molecule has 7 aromatic carbocycles. The average molecular weight is 691 g/mol. The van der Waals surface area contributed by atoms with Crippen LogP contribution in [-0.2, 0) is 0 Å². The lowest BCUT2D eigenvalue weighted by molar-refractivity contribution is 0.834. The Hall–Kier alpha value is -6.64. The zero-order valence-corrected chi connectivity index (χ0v) is 30.0. The standard InChI is InChI=1S/C52H38N2/c1-2-12-35(13-3-1)38-16-10-17-39(32-38)36-24-28-42(29-25-36)53-49-21-8-6-19-44(49)46-33-40(26-30-51(46)53)41-27-31-52-47(34-41)45-20-7-9-22-50(45)54(52)48-23-11-15-37-14-4-5-18-43(37)48/h1-2,4-12,14-30,32-34,52H,3,13,31H2. The van der Waals surface area contributed by atoms with Crippen molar-refractivity contribution in [2.45, 2.75) is 25.3 Å². The summed E-state index contributed by atoms with van der Waals surface area (Å²) < 4.78 is 2.42. The first-order valence-corrected chi connectivity index (χ1v) is 19.2. The van der Waals surface area contributed by atoms with Crippen molar-refractivity contribution < 1.29 is 0 Å². The monoisotopic (exact) mass is 690 g/mol. The second-order valence-electron chi connectivity index (χ2n) is 14.8. The molecule has 8 aromatic rings. The summed E-state index contributed by atoms with van der Waals surface area (Å²) in [5, 5.41) is 5.12. The third kappa shape index (κ3) is 4.94. The van der Waals surface area contributed by atoms with Crippen molar-refractivity contribution in [1.29, 1.82) is 0 Å². The van der Waals surface area contributed by atoms with Gasteiger partial charge in [-0.1, -0.05) is 133 Å². The van der Waals surface area contributed by atoms with Crippen LogP contribution < -0.4 is 4.90 Å². The SMILES string of the molecule is C1=CCCC(c2cccc(-c3ccc(-n4c5ccccc5c5cc(C6=CCC7C(=C6)c6ccccc6N7c6cccc7ccccc67)ccc54)cc3)c2)=C1. The van der Waals surface area contributed by atoms with Crippen molar-refractivity contribution in [1.82, 2.24) is 4.57 Å². The van der Waals surface area contributed by atoms with E-state index in [1.54, 1.807) is 0 Å². The fourth-order valence-corrected chi connectivity index (χ4v) is 9.18. The molecule has 256 valence electrons. The van der Waals surface area contributed by atoms with Gasteiger partial charge in [-0.15, -0.1) is 0 Å². The van der Waals surface area contributed by atoms with Gasteiger partial charge in [-0.25, -0.2) is 0 Å². The Morgan fingerprint density at radius 2 is 1.28 bits per heavy atom. The fraction of sp³-hybridized carbons (Fsp3) is 0.0769. The van der Waals surface area contributed by atoms with Gasteiger partial charge in [-0.05, 0) is 118 Å². The first kappa shape index (κ1) is 30.9. The van der Waals surface area contributed by atoms with E-state index < -0.39 is 0 Å². The molecular weight excluding hydrogens is 653 g/mol. The molecular formula is C52H38N2. The molecule has 1 unspecified atom stereocenters. The normalized spacial score (nSPS) is 16.3. The predicted octanol–water partition coefficient (Wildman–Crippen LogP) is 13.7. The topological polar surface area (TPSA) is 8.17 Å². The van der Waals surface area contributed by atoms with E-state index in [9.17, 15) is 0 Å². The van der Waals surface area contributed by atoms with Crippen molar-refractivity contribution in [2.24, 2.45) is 0 Å². The summed E-state index contributed by atoms with van der Waals surface area (Å²) >= 11 is 0. The highest BCUT2D eigenvalue weighted by molar-refractivity contribution is 6.11. The van der Waals surface area contributed by atoms with Crippen LogP contribution in [-0.4, -0.2) is 10.6 Å². The lowest BCUT2D eigenvalue weighted by Gasteiger charge is -2.30. The molecule has 2 aliphatic carbocycles. The lowest BCUT2D eigenvalue weighted by Crippen LogP contribution is -2.27. The first-order valence-electron chi connectivity index (χ1n) is 19.2. The number of fused-ring (bicyclic) bond motifs is 7. The molecule has 0 saturated carbocycles. The molecule has 0 radical (unpaired) electrons. The van der Waals surface area contributed by atoms with E-state index in [-0.39, 0.29) is 6.04 Å². The number of para-hydroxylation sites is 2. The molecule has 2 nitrogen and oxygen atoms in total. The number of nitrogens with zero attached hydrogens (tertiary/aromatic N) is 2. The Labute approximate surface area is 315 Å². The zero-order chi connectivity index (χ0) is 35.6. The van der Waals surface area contributed by atoms with Crippen LogP contribution in [0.4, 0.5) is 11.4 Å². The van der Waals surface area contributed by atoms with Crippen LogP contribution in [0, 0.1) is 0 Å². The summed E-state index contributed by atoms with van der Waals surface area (Å²) in [6.45, 7) is 0. The zero-order valence-electron chi connectivity index (χ0n) is 30.0. The van der Waals surface area contributed by atoms with Gasteiger partial charge in [0.1, 0.15) is 0 Å². The minimum absolute atomic E-state index is 0.259. The van der Waals surface area contributed by atoms with Gasteiger partial charge in [0.25, 0.3) is 0 Å². The van der Waals surface area contributed by atoms with Gasteiger partial charge in [-0.3, -0.25) is 0 Å². The minimum atomic E-state index is 0.259. The molecule has 0 bridgehead atoms. The van der Waals surface area contributed by atoms with Crippen LogP contribution in [0.25, 0.3) is 66.1 Å². The smallest absolute Gasteiger partial charge is 0.0633 e. The summed E-state index contributed by atoms with van der Waals surface area (Å²) in [7, 11) is 0. The van der Waals surface area contributed by atoms with Gasteiger partial charge in [0.05, 0.1) is 17.1 Å². The minimum Gasteiger partial charge on any atom is -0.332 e. The van der Waals surface area contributed by atoms with Crippen LogP contribution in [0.5, 0.6) is 0 Å². The van der Waals surface area contributed by atoms with E-state index in [1.807, 2.05) is 0 Å². The molecule has 0 fully saturated rings. The third-order valence-corrected chi connectivity index (χ3v) is 11.8. The quantitative estimate of drug-likeness (QED) is 0.175. The summed E-state index contributed by atoms with van der Waals surface area (Å²) in [5.41, 5.74) is 16.7. The van der Waals surface area contributed by atoms with Gasteiger partial charge < -0.3 is 9.47 Å². The van der Waals surface area contributed by atoms with Gasteiger partial charge in [0, 0.05) is 38.8 Å². The van der Waals surface area contributed by atoms with Crippen LogP contribution in [0.15, 0.2) is 188 Å². The van der Waals surface area contributed by atoms with Crippen LogP contribution in [0.1, 0.15) is 36.0 Å². The molecule has 11 rings (SSSR count). The maximum Gasteiger partial charge on any atom is 0.0633 e. The Bertz CT molecular complexity index is 2910. The molecule has 2 heterocycles. The molecule has 0 amide bonds. The molecule has 0 N–H and O–H groups in total. The number of rotatable bonds is 5. The first-order chi connectivity index (χ1) is 26.8. The highest BCUT2D eigenvalue weighted by Gasteiger charge is 2.36. The maximum absolute atomic E-state index is 2.57. The van der Waals surface area contributed by atoms with E-state index in [2.05, 4.69) is 198 Å². The fourth-order valence-electron chi connectivity index (χ4n) is 9.18. The number of aromatic nitrogens is 1. The molecule has 1 aliphatic heterocycles. The lowest BCUT2D eigenvalue weighted by atomic mass is 9.89. The Kier molecular flexibility index (Phi) is 7.16. The van der Waals surface area contributed by atoms with Gasteiger partial charge in [-0.2, -0.15) is 0 Å². The summed E-state index contributed by atoms with van der Waals surface area (Å²) in [4.78, 5) is 2.57. The number of hydrogen-bond donors (Lipinski definition) is 0. The summed E-state index contributed by atoms with van der Waals surface area (Å²) in [6.07, 6.45) is 14.7. The number of anilines is 2. The van der Waals surface area contributed by atoms with E-state index in [0.717, 1.165) is 19.3 Å². The van der Waals surface area contributed by atoms with E-state index in [4.69, 9.17) is 0 Å². The predicted molar refractivity (Wildman–Crippen MR) is 229 cm³/mol. The van der Waals surface area contributed by atoms with Gasteiger partial charge in [0.15, 0.2) is 0 Å². The van der Waals surface area contributed by atoms with Crippen molar-refractivity contribution in [2.75, 3.05) is 4.90 Å². The van der Waals surface area contributed by atoms with Crippen LogP contribution in [0.2, 0.25) is 0 Å². The van der Waals surface area contributed by atoms with E-state index in [0.29, 0.717) is 0 Å². The highest BCUT2D eigenvalue weighted by Crippen LogP contribution is 2.50. The van der Waals surface area contributed by atoms with Crippen molar-refractivity contribution >= 4 is 60.7 Å². The Morgan fingerprint density at radius 1 is 0.537 bits per heavy atom. The van der Waals surface area contributed by atoms with Crippen LogP contribution in [0.3, 0.4) is 0 Å². The van der Waals surface area contributed by atoms with Crippen molar-refractivity contribution in [3.05, 3.63) is 205 Å². The molecule has 1 atom stereocenters. The number of benzene rings is 7. The average Bonchev–Trinajstić information content (AvgIpc) is 3.76. The van der Waals surface area contributed by atoms with Crippen molar-refractivity contribution in [3.8, 4) is 16.8 Å². The van der Waals surface area contributed by atoms with E-state index in [1.165, 1.54) is 94.2 Å². The molecule has 2 heteroatoms. The van der Waals surface area contributed by atoms with E-state index >= 15 is 0 Å². The number of allylic oxidation sites excluding steroid dienone is 6. The van der Waals surface area contributed by atoms with Crippen LogP contribution >= 0.6 is 0 Å². The molecule has 1 aromatic heterocycles. The van der Waals surface area contributed by atoms with Crippen molar-refractivity contribution in [3.63, 3.8) is 0 Å². The maximum atomic E-state index is 2.57. The van der Waals surface area contributed by atoms with Gasteiger partial charge in [0.2, 0.25) is 0 Å². The number of hydrogen-bond acceptors (Lipinski definition) is 1. The molecule has 54 heavy (non-hydrogen) atoms. The second-order valence-corrected chi connectivity index (χ2v) is 14.8. The molecule has 3 aliphatic rings. The largest absolute Gasteiger partial charge is 0.332 e. The van der Waals surface area contributed by atoms with Gasteiger partial charge >= 0.3 is 0 Å². The second kappa shape index (κ2) is 12.5.